The fourth-order valence-electron chi connectivity index (χ4n) is 1.64. The second-order valence-electron chi connectivity index (χ2n) is 5.17. The maximum atomic E-state index is 12.2. The molecule has 1 heterocycles. The Morgan fingerprint density at radius 1 is 1.11 bits per heavy atom. The van der Waals surface area contributed by atoms with Gasteiger partial charge in [-0.05, 0) is 23.1 Å². The van der Waals surface area contributed by atoms with Crippen molar-refractivity contribution in [1.29, 1.82) is 0 Å². The van der Waals surface area contributed by atoms with E-state index < -0.39 is 10.0 Å². The smallest absolute Gasteiger partial charge is 0.244 e. The van der Waals surface area contributed by atoms with Gasteiger partial charge in [-0.2, -0.15) is 0 Å². The first-order chi connectivity index (χ1) is 8.32. The molecular formula is C13H16N2O2S. The molecule has 1 aromatic heterocycles. The van der Waals surface area contributed by atoms with Gasteiger partial charge in [0.05, 0.1) is 4.90 Å². The van der Waals surface area contributed by atoms with Crippen LogP contribution >= 0.6 is 0 Å². The Bertz CT molecular complexity index is 621. The summed E-state index contributed by atoms with van der Waals surface area (Å²) in [5.41, 5.74) is 1.11. The van der Waals surface area contributed by atoms with Crippen molar-refractivity contribution in [1.82, 2.24) is 8.96 Å². The van der Waals surface area contributed by atoms with E-state index in [-0.39, 0.29) is 10.3 Å². The molecule has 5 heteroatoms. The molecule has 0 saturated heterocycles. The highest BCUT2D eigenvalue weighted by Crippen LogP contribution is 2.24. The molecule has 96 valence electrons. The summed E-state index contributed by atoms with van der Waals surface area (Å²) in [5.74, 6) is 0. The molecule has 2 aromatic rings. The maximum absolute atomic E-state index is 12.2. The third-order valence-electron chi connectivity index (χ3n) is 2.78. The van der Waals surface area contributed by atoms with Gasteiger partial charge in [-0.25, -0.2) is 17.4 Å². The van der Waals surface area contributed by atoms with E-state index in [9.17, 15) is 8.42 Å². The molecule has 0 unspecified atom stereocenters. The van der Waals surface area contributed by atoms with Crippen molar-refractivity contribution in [3.05, 3.63) is 48.5 Å². The molecule has 0 aliphatic rings. The first-order valence-corrected chi connectivity index (χ1v) is 7.10. The average molecular weight is 264 g/mol. The highest BCUT2D eigenvalue weighted by Gasteiger charge is 2.18. The van der Waals surface area contributed by atoms with Crippen molar-refractivity contribution in [2.45, 2.75) is 31.1 Å². The summed E-state index contributed by atoms with van der Waals surface area (Å²) >= 11 is 0. The van der Waals surface area contributed by atoms with Crippen molar-refractivity contribution < 1.29 is 8.42 Å². The molecule has 18 heavy (non-hydrogen) atoms. The molecular weight excluding hydrogens is 248 g/mol. The lowest BCUT2D eigenvalue weighted by molar-refractivity contribution is 0.582. The topological polar surface area (TPSA) is 52.0 Å². The summed E-state index contributed by atoms with van der Waals surface area (Å²) < 4.78 is 25.5. The lowest BCUT2D eigenvalue weighted by Gasteiger charge is -2.19. The molecule has 0 spiro atoms. The lowest BCUT2D eigenvalue weighted by Crippen LogP contribution is -2.13. The predicted octanol–water partition coefficient (Wildman–Crippen LogP) is 2.42. The zero-order valence-electron chi connectivity index (χ0n) is 10.7. The van der Waals surface area contributed by atoms with Gasteiger partial charge in [0.2, 0.25) is 0 Å². The number of hydrogen-bond donors (Lipinski definition) is 0. The van der Waals surface area contributed by atoms with E-state index in [1.807, 2.05) is 12.1 Å². The molecule has 2 rings (SSSR count). The Kier molecular flexibility index (Phi) is 3.02. The molecule has 0 atom stereocenters. The number of nitrogens with zero attached hydrogens (tertiary/aromatic N) is 2. The lowest BCUT2D eigenvalue weighted by atomic mass is 9.87. The van der Waals surface area contributed by atoms with Crippen LogP contribution in [-0.2, 0) is 15.4 Å². The number of benzene rings is 1. The van der Waals surface area contributed by atoms with Crippen LogP contribution in [0.4, 0.5) is 0 Å². The van der Waals surface area contributed by atoms with Crippen LogP contribution in [0.2, 0.25) is 0 Å². The van der Waals surface area contributed by atoms with Gasteiger partial charge in [-0.3, -0.25) is 0 Å². The minimum atomic E-state index is -3.50. The molecule has 0 N–H and O–H groups in total. The van der Waals surface area contributed by atoms with Gasteiger partial charge in [-0.1, -0.05) is 32.9 Å². The summed E-state index contributed by atoms with van der Waals surface area (Å²) in [6.45, 7) is 6.27. The quantitative estimate of drug-likeness (QED) is 0.837. The van der Waals surface area contributed by atoms with E-state index in [0.717, 1.165) is 9.54 Å². The van der Waals surface area contributed by atoms with E-state index >= 15 is 0 Å². The molecule has 4 nitrogen and oxygen atoms in total. The zero-order chi connectivity index (χ0) is 13.4. The van der Waals surface area contributed by atoms with Gasteiger partial charge < -0.3 is 0 Å². The van der Waals surface area contributed by atoms with Crippen molar-refractivity contribution in [3.63, 3.8) is 0 Å². The molecule has 0 radical (unpaired) electrons. The Balaban J connectivity index is 2.42. The van der Waals surface area contributed by atoms with Crippen LogP contribution in [0.3, 0.4) is 0 Å². The van der Waals surface area contributed by atoms with Gasteiger partial charge in [0.15, 0.2) is 0 Å². The first kappa shape index (κ1) is 12.8. The van der Waals surface area contributed by atoms with Gasteiger partial charge in [-0.15, -0.1) is 0 Å². The normalized spacial score (nSPS) is 12.6. The van der Waals surface area contributed by atoms with Crippen molar-refractivity contribution in [2.24, 2.45) is 0 Å². The summed E-state index contributed by atoms with van der Waals surface area (Å²) in [6.07, 6.45) is 4.15. The van der Waals surface area contributed by atoms with Crippen LogP contribution in [0.15, 0.2) is 47.9 Å². The number of aromatic nitrogens is 2. The second-order valence-corrected chi connectivity index (χ2v) is 7.02. The molecule has 0 aliphatic carbocycles. The van der Waals surface area contributed by atoms with Crippen LogP contribution in [0.25, 0.3) is 0 Å². The van der Waals surface area contributed by atoms with Crippen molar-refractivity contribution in [3.8, 4) is 0 Å². The van der Waals surface area contributed by atoms with Gasteiger partial charge in [0.1, 0.15) is 6.33 Å². The predicted molar refractivity (Wildman–Crippen MR) is 70.0 cm³/mol. The molecule has 0 fully saturated rings. The van der Waals surface area contributed by atoms with E-state index in [1.54, 1.807) is 12.1 Å². The van der Waals surface area contributed by atoms with Crippen LogP contribution in [0.1, 0.15) is 26.3 Å². The van der Waals surface area contributed by atoms with Gasteiger partial charge in [0.25, 0.3) is 10.0 Å². The van der Waals surface area contributed by atoms with Crippen LogP contribution < -0.4 is 0 Å². The molecule has 0 saturated carbocycles. The number of hydrogen-bond acceptors (Lipinski definition) is 3. The van der Waals surface area contributed by atoms with Crippen LogP contribution in [-0.4, -0.2) is 17.4 Å². The molecule has 0 amide bonds. The second kappa shape index (κ2) is 4.24. The fourth-order valence-corrected chi connectivity index (χ4v) is 2.75. The monoisotopic (exact) mass is 264 g/mol. The summed E-state index contributed by atoms with van der Waals surface area (Å²) in [7, 11) is -3.50. The van der Waals surface area contributed by atoms with Crippen LogP contribution in [0.5, 0.6) is 0 Å². The maximum Gasteiger partial charge on any atom is 0.268 e. The van der Waals surface area contributed by atoms with Gasteiger partial charge >= 0.3 is 0 Å². The molecule has 0 bridgehead atoms. The largest absolute Gasteiger partial charge is 0.268 e. The summed E-state index contributed by atoms with van der Waals surface area (Å²) in [4.78, 5) is 4.03. The standard InChI is InChI=1S/C13H16N2O2S/c1-13(2,3)11-4-6-12(7-5-11)18(16,17)15-9-8-14-10-15/h4-10H,1-3H3. The Labute approximate surface area is 107 Å². The summed E-state index contributed by atoms with van der Waals surface area (Å²) in [5, 5.41) is 0. The fraction of sp³-hybridized carbons (Fsp3) is 0.308. The van der Waals surface area contributed by atoms with E-state index in [0.29, 0.717) is 0 Å². The van der Waals surface area contributed by atoms with E-state index in [2.05, 4.69) is 25.8 Å². The molecule has 0 aliphatic heterocycles. The van der Waals surface area contributed by atoms with Crippen molar-refractivity contribution >= 4 is 10.0 Å². The zero-order valence-corrected chi connectivity index (χ0v) is 11.5. The van der Waals surface area contributed by atoms with E-state index in [1.165, 1.54) is 18.7 Å². The molecule has 1 aromatic carbocycles. The third-order valence-corrected chi connectivity index (χ3v) is 4.41. The minimum Gasteiger partial charge on any atom is -0.244 e. The van der Waals surface area contributed by atoms with Crippen LogP contribution in [0, 0.1) is 0 Å². The first-order valence-electron chi connectivity index (χ1n) is 5.66. The average Bonchev–Trinajstić information content (AvgIpc) is 2.82. The number of rotatable bonds is 2. The minimum absolute atomic E-state index is 0.0112. The highest BCUT2D eigenvalue weighted by atomic mass is 32.2. The summed E-state index contributed by atoms with van der Waals surface area (Å²) in [6, 6.07) is 6.97. The highest BCUT2D eigenvalue weighted by molar-refractivity contribution is 7.90. The number of imidazole rings is 1. The van der Waals surface area contributed by atoms with Crippen molar-refractivity contribution in [2.75, 3.05) is 0 Å². The van der Waals surface area contributed by atoms with Gasteiger partial charge in [0, 0.05) is 12.4 Å². The Morgan fingerprint density at radius 3 is 2.17 bits per heavy atom. The Morgan fingerprint density at radius 2 is 1.72 bits per heavy atom. The van der Waals surface area contributed by atoms with E-state index in [4.69, 9.17) is 0 Å². The SMILES string of the molecule is CC(C)(C)c1ccc(S(=O)(=O)n2ccnc2)cc1. The Hall–Kier alpha value is -1.62. The third kappa shape index (κ3) is 2.31.